The van der Waals surface area contributed by atoms with Crippen LogP contribution in [0.15, 0.2) is 114 Å². The van der Waals surface area contributed by atoms with Crippen LogP contribution in [0.3, 0.4) is 0 Å². The molecule has 5 rings (SSSR count). The Morgan fingerprint density at radius 3 is 2.19 bits per heavy atom. The highest BCUT2D eigenvalue weighted by atomic mass is 35.5. The van der Waals surface area contributed by atoms with Gasteiger partial charge in [-0.2, -0.15) is 0 Å². The second-order valence-corrected chi connectivity index (χ2v) is 14.0. The molecule has 1 fully saturated rings. The van der Waals surface area contributed by atoms with Crippen molar-refractivity contribution in [1.82, 2.24) is 10.2 Å². The molecule has 0 spiro atoms. The predicted molar refractivity (Wildman–Crippen MR) is 185 cm³/mol. The molecular weight excluding hydrogens is 634 g/mol. The zero-order valence-corrected chi connectivity index (χ0v) is 28.0. The number of ether oxygens (including phenoxy) is 1. The van der Waals surface area contributed by atoms with Crippen LogP contribution in [0.2, 0.25) is 5.02 Å². The predicted octanol–water partition coefficient (Wildman–Crippen LogP) is 6.63. The number of rotatable bonds is 13. The summed E-state index contributed by atoms with van der Waals surface area (Å²) in [7, 11) is -2.64. The number of benzene rings is 4. The maximum absolute atomic E-state index is 14.7. The van der Waals surface area contributed by atoms with E-state index < -0.39 is 28.5 Å². The molecule has 2 amide bonds. The number of nitrogens with zero attached hydrogens (tertiary/aromatic N) is 2. The van der Waals surface area contributed by atoms with Gasteiger partial charge in [0, 0.05) is 24.0 Å². The molecule has 1 atom stereocenters. The smallest absolute Gasteiger partial charge is 0.264 e. The third-order valence-electron chi connectivity index (χ3n) is 8.42. The van der Waals surface area contributed by atoms with Crippen molar-refractivity contribution in [3.05, 3.63) is 125 Å². The molecule has 10 heteroatoms. The number of amides is 2. The van der Waals surface area contributed by atoms with Gasteiger partial charge in [0.05, 0.1) is 17.7 Å². The number of carbonyl (C=O) groups is 2. The van der Waals surface area contributed by atoms with E-state index in [-0.39, 0.29) is 35.5 Å². The largest absolute Gasteiger partial charge is 0.497 e. The lowest BCUT2D eigenvalue weighted by molar-refractivity contribution is -0.140. The van der Waals surface area contributed by atoms with Crippen molar-refractivity contribution in [1.29, 1.82) is 0 Å². The van der Waals surface area contributed by atoms with Crippen molar-refractivity contribution in [2.24, 2.45) is 0 Å². The van der Waals surface area contributed by atoms with Gasteiger partial charge < -0.3 is 15.0 Å². The second kappa shape index (κ2) is 16.0. The summed E-state index contributed by atoms with van der Waals surface area (Å²) in [6.45, 7) is -0.496. The van der Waals surface area contributed by atoms with Crippen molar-refractivity contribution < 1.29 is 22.7 Å². The maximum Gasteiger partial charge on any atom is 0.264 e. The standard InChI is InChI=1S/C37H40ClN3O5S/c1-46-33-20-11-15-29(23-33)26-40(35(24-28-13-5-2-6-14-28)37(43)39-31-17-7-3-8-18-31)36(42)27-41(32-19-12-16-30(38)25-32)47(44,45)34-21-9-4-10-22-34/h2,4-6,9-16,19-23,25,31,35H,3,7-8,17-18,24,26-27H2,1H3,(H,39,43). The highest BCUT2D eigenvalue weighted by Crippen LogP contribution is 2.28. The topological polar surface area (TPSA) is 96.0 Å². The molecule has 4 aromatic rings. The summed E-state index contributed by atoms with van der Waals surface area (Å²) >= 11 is 6.31. The van der Waals surface area contributed by atoms with Crippen molar-refractivity contribution >= 4 is 39.1 Å². The molecule has 0 bridgehead atoms. The van der Waals surface area contributed by atoms with Gasteiger partial charge in [0.1, 0.15) is 18.3 Å². The summed E-state index contributed by atoms with van der Waals surface area (Å²) in [5, 5.41) is 3.55. The Balaban J connectivity index is 1.57. The van der Waals surface area contributed by atoms with E-state index in [0.717, 1.165) is 47.5 Å². The quantitative estimate of drug-likeness (QED) is 0.172. The minimum atomic E-state index is -4.20. The number of sulfonamides is 1. The molecule has 0 radical (unpaired) electrons. The molecule has 1 saturated carbocycles. The Hall–Kier alpha value is -4.34. The van der Waals surface area contributed by atoms with Crippen molar-refractivity contribution in [2.75, 3.05) is 18.0 Å². The molecule has 8 nitrogen and oxygen atoms in total. The van der Waals surface area contributed by atoms with Crippen LogP contribution >= 0.6 is 11.6 Å². The fourth-order valence-electron chi connectivity index (χ4n) is 5.95. The van der Waals surface area contributed by atoms with Gasteiger partial charge in [-0.3, -0.25) is 13.9 Å². The zero-order valence-electron chi connectivity index (χ0n) is 26.4. The van der Waals surface area contributed by atoms with Gasteiger partial charge in [-0.15, -0.1) is 0 Å². The molecule has 0 saturated heterocycles. The molecule has 1 aliphatic rings. The van der Waals surface area contributed by atoms with Crippen LogP contribution in [0.4, 0.5) is 5.69 Å². The number of carbonyl (C=O) groups excluding carboxylic acids is 2. The van der Waals surface area contributed by atoms with Gasteiger partial charge >= 0.3 is 0 Å². The summed E-state index contributed by atoms with van der Waals surface area (Å²) in [5.41, 5.74) is 1.85. The number of nitrogens with one attached hydrogen (secondary N) is 1. The Labute approximate surface area is 282 Å². The Kier molecular flexibility index (Phi) is 11.6. The number of hydrogen-bond acceptors (Lipinski definition) is 5. The second-order valence-electron chi connectivity index (χ2n) is 11.7. The lowest BCUT2D eigenvalue weighted by Gasteiger charge is -2.35. The van der Waals surface area contributed by atoms with Crippen molar-refractivity contribution in [2.45, 2.75) is 62.0 Å². The summed E-state index contributed by atoms with van der Waals surface area (Å²) in [5.74, 6) is -0.197. The Bertz CT molecular complexity index is 1750. The van der Waals surface area contributed by atoms with Crippen LogP contribution in [-0.2, 0) is 32.6 Å². The van der Waals surface area contributed by atoms with Crippen LogP contribution in [0.5, 0.6) is 5.75 Å². The fourth-order valence-corrected chi connectivity index (χ4v) is 7.56. The van der Waals surface area contributed by atoms with E-state index in [9.17, 15) is 18.0 Å². The summed E-state index contributed by atoms with van der Waals surface area (Å²) < 4.78 is 34.7. The first-order chi connectivity index (χ1) is 22.7. The van der Waals surface area contributed by atoms with E-state index in [1.54, 1.807) is 49.6 Å². The molecule has 1 unspecified atom stereocenters. The first kappa shape index (κ1) is 34.0. The van der Waals surface area contributed by atoms with Gasteiger partial charge in [-0.1, -0.05) is 97.6 Å². The molecule has 0 aliphatic heterocycles. The first-order valence-corrected chi connectivity index (χ1v) is 17.7. The highest BCUT2D eigenvalue weighted by Gasteiger charge is 2.35. The normalized spacial score (nSPS) is 14.2. The van der Waals surface area contributed by atoms with Gasteiger partial charge in [-0.25, -0.2) is 8.42 Å². The molecule has 0 heterocycles. The van der Waals surface area contributed by atoms with Gasteiger partial charge in [0.15, 0.2) is 0 Å². The lowest BCUT2D eigenvalue weighted by Crippen LogP contribution is -2.55. The van der Waals surface area contributed by atoms with E-state index in [2.05, 4.69) is 5.32 Å². The van der Waals surface area contributed by atoms with Crippen LogP contribution in [0.25, 0.3) is 0 Å². The third-order valence-corrected chi connectivity index (χ3v) is 10.4. The Morgan fingerprint density at radius 2 is 1.51 bits per heavy atom. The highest BCUT2D eigenvalue weighted by molar-refractivity contribution is 7.92. The van der Waals surface area contributed by atoms with Gasteiger partial charge in [0.25, 0.3) is 10.0 Å². The average molecular weight is 674 g/mol. The number of hydrogen-bond donors (Lipinski definition) is 1. The van der Waals surface area contributed by atoms with Gasteiger partial charge in [-0.05, 0) is 66.4 Å². The molecule has 47 heavy (non-hydrogen) atoms. The van der Waals surface area contributed by atoms with E-state index in [1.807, 2.05) is 48.5 Å². The van der Waals surface area contributed by atoms with Crippen LogP contribution < -0.4 is 14.4 Å². The lowest BCUT2D eigenvalue weighted by atomic mass is 9.94. The van der Waals surface area contributed by atoms with Gasteiger partial charge in [0.2, 0.25) is 11.8 Å². The number of anilines is 1. The number of methoxy groups -OCH3 is 1. The third kappa shape index (κ3) is 8.93. The minimum Gasteiger partial charge on any atom is -0.497 e. The summed E-state index contributed by atoms with van der Waals surface area (Å²) in [4.78, 5) is 30.4. The van der Waals surface area contributed by atoms with Crippen LogP contribution in [0, 0.1) is 0 Å². The Morgan fingerprint density at radius 1 is 0.851 bits per heavy atom. The average Bonchev–Trinajstić information content (AvgIpc) is 3.10. The van der Waals surface area contributed by atoms with Crippen LogP contribution in [0.1, 0.15) is 43.2 Å². The summed E-state index contributed by atoms with van der Waals surface area (Å²) in [6.07, 6.45) is 5.21. The molecule has 0 aromatic heterocycles. The molecular formula is C37H40ClN3O5S. The van der Waals surface area contributed by atoms with E-state index in [4.69, 9.17) is 16.3 Å². The van der Waals surface area contributed by atoms with Crippen molar-refractivity contribution in [3.63, 3.8) is 0 Å². The first-order valence-electron chi connectivity index (χ1n) is 15.8. The summed E-state index contributed by atoms with van der Waals surface area (Å²) in [6, 6.07) is 30.3. The SMILES string of the molecule is COc1cccc(CN(C(=O)CN(c2cccc(Cl)c2)S(=O)(=O)c2ccccc2)C(Cc2ccccc2)C(=O)NC2CCCCC2)c1. The molecule has 1 aliphatic carbocycles. The molecule has 1 N–H and O–H groups in total. The monoisotopic (exact) mass is 673 g/mol. The van der Waals surface area contributed by atoms with E-state index in [0.29, 0.717) is 10.8 Å². The van der Waals surface area contributed by atoms with Crippen LogP contribution in [-0.4, -0.2) is 50.9 Å². The minimum absolute atomic E-state index is 0.0183. The zero-order chi connectivity index (χ0) is 33.2. The van der Waals surface area contributed by atoms with E-state index >= 15 is 0 Å². The fraction of sp³-hybridized carbons (Fsp3) is 0.297. The molecule has 246 valence electrons. The molecule has 4 aromatic carbocycles. The van der Waals surface area contributed by atoms with E-state index in [1.165, 1.54) is 23.1 Å². The number of halogens is 1. The van der Waals surface area contributed by atoms with Crippen molar-refractivity contribution in [3.8, 4) is 5.75 Å². The maximum atomic E-state index is 14.7.